The van der Waals surface area contributed by atoms with E-state index < -0.39 is 15.9 Å². The molecule has 0 saturated heterocycles. The second-order valence-corrected chi connectivity index (χ2v) is 8.84. The van der Waals surface area contributed by atoms with Gasteiger partial charge in [0, 0.05) is 22.0 Å². The summed E-state index contributed by atoms with van der Waals surface area (Å²) >= 11 is 1.09. The zero-order valence-corrected chi connectivity index (χ0v) is 14.5. The van der Waals surface area contributed by atoms with Crippen LogP contribution in [0.4, 0.5) is 5.69 Å². The molecule has 2 amide bonds. The van der Waals surface area contributed by atoms with Crippen LogP contribution in [0.25, 0.3) is 0 Å². The Kier molecular flexibility index (Phi) is 4.42. The summed E-state index contributed by atoms with van der Waals surface area (Å²) in [4.78, 5) is 24.8. The van der Waals surface area contributed by atoms with Crippen LogP contribution in [0.15, 0.2) is 40.6 Å². The molecule has 24 heavy (non-hydrogen) atoms. The van der Waals surface area contributed by atoms with E-state index in [0.29, 0.717) is 5.69 Å². The largest absolute Gasteiger partial charge is 0.326 e. The molecule has 126 valence electrons. The van der Waals surface area contributed by atoms with E-state index in [4.69, 9.17) is 0 Å². The Morgan fingerprint density at radius 2 is 1.92 bits per heavy atom. The van der Waals surface area contributed by atoms with Gasteiger partial charge in [0.25, 0.3) is 15.9 Å². The van der Waals surface area contributed by atoms with Crippen LogP contribution in [0.2, 0.25) is 0 Å². The van der Waals surface area contributed by atoms with Crippen LogP contribution in [0.5, 0.6) is 0 Å². The number of thiophene rings is 1. The second kappa shape index (κ2) is 6.37. The molecule has 0 atom stereocenters. The number of benzene rings is 1. The minimum absolute atomic E-state index is 0.0462. The second-order valence-electron chi connectivity index (χ2n) is 5.64. The van der Waals surface area contributed by atoms with Crippen LogP contribution in [0.3, 0.4) is 0 Å². The van der Waals surface area contributed by atoms with Crippen LogP contribution in [0, 0.1) is 12.8 Å². The monoisotopic (exact) mass is 364 g/mol. The first kappa shape index (κ1) is 16.7. The lowest BCUT2D eigenvalue weighted by Crippen LogP contribution is -2.30. The highest BCUT2D eigenvalue weighted by molar-refractivity contribution is 7.92. The van der Waals surface area contributed by atoms with Gasteiger partial charge in [-0.2, -0.15) is 0 Å². The quantitative estimate of drug-likeness (QED) is 0.853. The average molecular weight is 364 g/mol. The molecule has 1 fully saturated rings. The molecule has 0 spiro atoms. The molecule has 3 rings (SSSR count). The van der Waals surface area contributed by atoms with Crippen LogP contribution in [0.1, 0.15) is 28.1 Å². The van der Waals surface area contributed by atoms with Gasteiger partial charge >= 0.3 is 0 Å². The number of carbonyl (C=O) groups is 2. The van der Waals surface area contributed by atoms with Gasteiger partial charge in [-0.15, -0.1) is 11.3 Å². The van der Waals surface area contributed by atoms with E-state index >= 15 is 0 Å². The van der Waals surface area contributed by atoms with E-state index in [1.807, 2.05) is 4.72 Å². The van der Waals surface area contributed by atoms with Gasteiger partial charge in [-0.1, -0.05) is 6.07 Å². The van der Waals surface area contributed by atoms with Gasteiger partial charge < -0.3 is 5.32 Å². The van der Waals surface area contributed by atoms with Gasteiger partial charge in [-0.25, -0.2) is 13.1 Å². The van der Waals surface area contributed by atoms with Crippen molar-refractivity contribution in [1.82, 2.24) is 4.72 Å². The standard InChI is InChI=1S/C16H16N2O4S2/c1-10-5-8-14(23-10)24(21,22)18-16(20)12-3-2-4-13(9-12)17-15(19)11-6-7-11/h2-5,8-9,11H,6-7H2,1H3,(H,17,19)(H,18,20). The fraction of sp³-hybridized carbons (Fsp3) is 0.250. The SMILES string of the molecule is Cc1ccc(S(=O)(=O)NC(=O)c2cccc(NC(=O)C3CC3)c2)s1. The molecule has 8 heteroatoms. The lowest BCUT2D eigenvalue weighted by atomic mass is 10.2. The number of hydrogen-bond donors (Lipinski definition) is 2. The van der Waals surface area contributed by atoms with Crippen molar-refractivity contribution in [3.8, 4) is 0 Å². The van der Waals surface area contributed by atoms with Crippen molar-refractivity contribution in [3.05, 3.63) is 46.8 Å². The Balaban J connectivity index is 1.73. The number of carbonyl (C=O) groups excluding carboxylic acids is 2. The summed E-state index contributed by atoms with van der Waals surface area (Å²) < 4.78 is 26.5. The Hall–Kier alpha value is -2.19. The van der Waals surface area contributed by atoms with E-state index in [-0.39, 0.29) is 21.6 Å². The summed E-state index contributed by atoms with van der Waals surface area (Å²) in [6, 6.07) is 9.36. The van der Waals surface area contributed by atoms with E-state index in [1.165, 1.54) is 18.2 Å². The maximum Gasteiger partial charge on any atom is 0.273 e. The van der Waals surface area contributed by atoms with Crippen LogP contribution >= 0.6 is 11.3 Å². The highest BCUT2D eigenvalue weighted by Crippen LogP contribution is 2.30. The third kappa shape index (κ3) is 3.82. The molecular weight excluding hydrogens is 348 g/mol. The Morgan fingerprint density at radius 3 is 2.54 bits per heavy atom. The maximum absolute atomic E-state index is 12.2. The summed E-state index contributed by atoms with van der Waals surface area (Å²) in [7, 11) is -3.89. The predicted octanol–water partition coefficient (Wildman–Crippen LogP) is 2.52. The number of nitrogens with one attached hydrogen (secondary N) is 2. The molecular formula is C16H16N2O4S2. The molecule has 1 aromatic heterocycles. The molecule has 0 radical (unpaired) electrons. The number of rotatable bonds is 5. The molecule has 1 aromatic carbocycles. The molecule has 1 aliphatic rings. The van der Waals surface area contributed by atoms with Crippen molar-refractivity contribution >= 4 is 38.9 Å². The maximum atomic E-state index is 12.2. The summed E-state index contributed by atoms with van der Waals surface area (Å²) in [5.41, 5.74) is 0.643. The van der Waals surface area contributed by atoms with Crippen molar-refractivity contribution < 1.29 is 18.0 Å². The zero-order chi connectivity index (χ0) is 17.3. The Bertz CT molecular complexity index is 898. The van der Waals surface area contributed by atoms with E-state index in [0.717, 1.165) is 29.1 Å². The van der Waals surface area contributed by atoms with Crippen molar-refractivity contribution in [1.29, 1.82) is 0 Å². The minimum Gasteiger partial charge on any atom is -0.326 e. The number of amides is 2. The summed E-state index contributed by atoms with van der Waals surface area (Å²) in [6.07, 6.45) is 1.76. The molecule has 1 saturated carbocycles. The molecule has 2 aromatic rings. The fourth-order valence-corrected chi connectivity index (χ4v) is 4.37. The predicted molar refractivity (Wildman–Crippen MR) is 91.5 cm³/mol. The van der Waals surface area contributed by atoms with Gasteiger partial charge in [0.2, 0.25) is 5.91 Å². The summed E-state index contributed by atoms with van der Waals surface area (Å²) in [5.74, 6) is -0.761. The van der Waals surface area contributed by atoms with Crippen LogP contribution < -0.4 is 10.0 Å². The van der Waals surface area contributed by atoms with E-state index in [2.05, 4.69) is 5.32 Å². The molecule has 0 aliphatic heterocycles. The van der Waals surface area contributed by atoms with Gasteiger partial charge in [0.1, 0.15) is 4.21 Å². The first-order chi connectivity index (χ1) is 11.3. The third-order valence-electron chi connectivity index (χ3n) is 3.55. The summed E-state index contributed by atoms with van der Waals surface area (Å²) in [5, 5.41) is 2.73. The average Bonchev–Trinajstić information content (AvgIpc) is 3.28. The Labute approximate surface area is 143 Å². The lowest BCUT2D eigenvalue weighted by Gasteiger charge is -2.08. The summed E-state index contributed by atoms with van der Waals surface area (Å²) in [6.45, 7) is 1.79. The highest BCUT2D eigenvalue weighted by atomic mass is 32.2. The van der Waals surface area contributed by atoms with Gasteiger partial charge in [0.15, 0.2) is 0 Å². The van der Waals surface area contributed by atoms with Gasteiger partial charge in [-0.3, -0.25) is 9.59 Å². The Morgan fingerprint density at radius 1 is 1.17 bits per heavy atom. The van der Waals surface area contributed by atoms with Crippen LogP contribution in [-0.4, -0.2) is 20.2 Å². The van der Waals surface area contributed by atoms with Crippen molar-refractivity contribution in [2.24, 2.45) is 5.92 Å². The zero-order valence-electron chi connectivity index (χ0n) is 12.9. The van der Waals surface area contributed by atoms with Gasteiger partial charge in [0.05, 0.1) is 0 Å². The highest BCUT2D eigenvalue weighted by Gasteiger charge is 2.29. The van der Waals surface area contributed by atoms with Crippen LogP contribution in [-0.2, 0) is 14.8 Å². The van der Waals surface area contributed by atoms with E-state index in [9.17, 15) is 18.0 Å². The van der Waals surface area contributed by atoms with Crippen molar-refractivity contribution in [2.45, 2.75) is 24.0 Å². The number of sulfonamides is 1. The molecule has 0 bridgehead atoms. The molecule has 1 aliphatic carbocycles. The fourth-order valence-electron chi connectivity index (χ4n) is 2.12. The first-order valence-electron chi connectivity index (χ1n) is 7.40. The number of hydrogen-bond acceptors (Lipinski definition) is 5. The molecule has 0 unspecified atom stereocenters. The molecule has 1 heterocycles. The normalized spacial score (nSPS) is 14.2. The molecule has 2 N–H and O–H groups in total. The van der Waals surface area contributed by atoms with E-state index in [1.54, 1.807) is 25.1 Å². The number of aryl methyl sites for hydroxylation is 1. The van der Waals surface area contributed by atoms with Crippen molar-refractivity contribution in [3.63, 3.8) is 0 Å². The minimum atomic E-state index is -3.89. The third-order valence-corrected chi connectivity index (χ3v) is 6.37. The number of anilines is 1. The lowest BCUT2D eigenvalue weighted by molar-refractivity contribution is -0.117. The molecule has 6 nitrogen and oxygen atoms in total. The van der Waals surface area contributed by atoms with Gasteiger partial charge in [-0.05, 0) is 50.1 Å². The van der Waals surface area contributed by atoms with Crippen molar-refractivity contribution in [2.75, 3.05) is 5.32 Å². The smallest absolute Gasteiger partial charge is 0.273 e. The topological polar surface area (TPSA) is 92.3 Å². The first-order valence-corrected chi connectivity index (χ1v) is 9.69.